The number of hydrogen-bond donors (Lipinski definition) is 2. The second kappa shape index (κ2) is 19.6. The molecule has 18 heteroatoms. The van der Waals surface area contributed by atoms with Crippen LogP contribution in [0.25, 0.3) is 21.8 Å². The number of fused-ring (bicyclic) bond motifs is 4. The number of methoxy groups -OCH3 is 4. The lowest BCUT2D eigenvalue weighted by molar-refractivity contribution is 0.0622. The fraction of sp³-hybridized carbons (Fsp3) is 0.306. The highest BCUT2D eigenvalue weighted by Gasteiger charge is 2.43. The zero-order valence-electron chi connectivity index (χ0n) is 37.1. The molecule has 6 aromatic rings. The molecule has 0 saturated carbocycles. The molecule has 2 aromatic heterocycles. The lowest BCUT2D eigenvalue weighted by Gasteiger charge is -2.22. The normalized spacial score (nSPS) is 15.4. The Morgan fingerprint density at radius 3 is 1.21 bits per heavy atom. The predicted molar refractivity (Wildman–Crippen MR) is 243 cm³/mol. The van der Waals surface area contributed by atoms with Crippen molar-refractivity contribution in [3.63, 3.8) is 0 Å². The summed E-state index contributed by atoms with van der Waals surface area (Å²) in [6.45, 7) is 2.34. The van der Waals surface area contributed by atoms with Crippen molar-refractivity contribution >= 4 is 56.8 Å². The third-order valence-corrected chi connectivity index (χ3v) is 12.0. The van der Waals surface area contributed by atoms with Gasteiger partial charge in [0.1, 0.15) is 23.5 Å². The number of carbonyl (C=O) groups is 6. The SMILES string of the molecule is COCCN(CCOC)C(=O)c1ccc2c(c1)C(=O)C(c1nc3ccc(Cc4ccc5nc(C6C(=O)c7ccc(C(=O)N(CCOC)CCOC)cc7C6=O)[nH]c(=O)c5c4)cc3c(=O)[nH]1)C2=O. The highest BCUT2D eigenvalue weighted by molar-refractivity contribution is 6.30. The van der Waals surface area contributed by atoms with Crippen LogP contribution in [0.1, 0.15) is 96.8 Å². The van der Waals surface area contributed by atoms with Gasteiger partial charge in [0.25, 0.3) is 22.9 Å². The van der Waals surface area contributed by atoms with Gasteiger partial charge in [-0.3, -0.25) is 38.4 Å². The summed E-state index contributed by atoms with van der Waals surface area (Å²) in [6.07, 6.45) is 0.281. The van der Waals surface area contributed by atoms with Crippen LogP contribution in [0.3, 0.4) is 0 Å². The zero-order chi connectivity index (χ0) is 47.5. The highest BCUT2D eigenvalue weighted by atomic mass is 16.5. The van der Waals surface area contributed by atoms with Gasteiger partial charge in [-0.25, -0.2) is 9.97 Å². The molecule has 0 bridgehead atoms. The Morgan fingerprint density at radius 1 is 0.493 bits per heavy atom. The smallest absolute Gasteiger partial charge is 0.258 e. The molecule has 2 N–H and O–H groups in total. The van der Waals surface area contributed by atoms with E-state index in [1.54, 1.807) is 36.4 Å². The van der Waals surface area contributed by atoms with E-state index in [2.05, 4.69) is 19.9 Å². The van der Waals surface area contributed by atoms with Gasteiger partial charge < -0.3 is 38.7 Å². The van der Waals surface area contributed by atoms with E-state index in [0.29, 0.717) is 63.7 Å². The van der Waals surface area contributed by atoms with Crippen LogP contribution in [0, 0.1) is 0 Å². The summed E-state index contributed by atoms with van der Waals surface area (Å²) in [5.74, 6) is -6.02. The van der Waals surface area contributed by atoms with Crippen LogP contribution in [0.15, 0.2) is 82.4 Å². The van der Waals surface area contributed by atoms with Crippen LogP contribution in [0.4, 0.5) is 0 Å². The van der Waals surface area contributed by atoms with Gasteiger partial charge in [0, 0.05) is 88.0 Å². The average Bonchev–Trinajstić information content (AvgIpc) is 3.73. The van der Waals surface area contributed by atoms with Crippen LogP contribution in [0.5, 0.6) is 0 Å². The van der Waals surface area contributed by atoms with Crippen LogP contribution in [-0.2, 0) is 25.4 Å². The number of aromatic amines is 2. The van der Waals surface area contributed by atoms with Crippen molar-refractivity contribution in [2.24, 2.45) is 0 Å². The molecule has 0 fully saturated rings. The summed E-state index contributed by atoms with van der Waals surface area (Å²) in [7, 11) is 6.09. The zero-order valence-corrected chi connectivity index (χ0v) is 37.1. The molecule has 2 aliphatic rings. The van der Waals surface area contributed by atoms with E-state index in [-0.39, 0.29) is 85.1 Å². The van der Waals surface area contributed by atoms with Gasteiger partial charge in [-0.2, -0.15) is 0 Å². The first-order chi connectivity index (χ1) is 32.4. The fourth-order valence-corrected chi connectivity index (χ4v) is 8.49. The maximum Gasteiger partial charge on any atom is 0.258 e. The van der Waals surface area contributed by atoms with Crippen LogP contribution >= 0.6 is 0 Å². The van der Waals surface area contributed by atoms with Gasteiger partial charge in [0.05, 0.1) is 48.2 Å². The number of amides is 2. The number of aromatic nitrogens is 4. The van der Waals surface area contributed by atoms with E-state index in [1.807, 2.05) is 0 Å². The average molecular weight is 911 g/mol. The van der Waals surface area contributed by atoms with Gasteiger partial charge in [0.15, 0.2) is 23.1 Å². The quantitative estimate of drug-likeness (QED) is 0.117. The summed E-state index contributed by atoms with van der Waals surface area (Å²) >= 11 is 0. The molecule has 344 valence electrons. The third-order valence-electron chi connectivity index (χ3n) is 12.0. The number of Topliss-reactive ketones (excluding diaryl/α,β-unsaturated/α-hetero) is 4. The summed E-state index contributed by atoms with van der Waals surface area (Å²) in [5.41, 5.74) is 1.54. The van der Waals surface area contributed by atoms with E-state index >= 15 is 0 Å². The Bertz CT molecular complexity index is 2900. The summed E-state index contributed by atoms with van der Waals surface area (Å²) in [4.78, 5) is 126. The van der Waals surface area contributed by atoms with Crippen LogP contribution in [-0.4, -0.2) is 146 Å². The van der Waals surface area contributed by atoms with Crippen molar-refractivity contribution in [2.75, 3.05) is 81.0 Å². The predicted octanol–water partition coefficient (Wildman–Crippen LogP) is 3.55. The molecule has 2 unspecified atom stereocenters. The van der Waals surface area contributed by atoms with E-state index in [4.69, 9.17) is 18.9 Å². The van der Waals surface area contributed by atoms with Crippen LogP contribution < -0.4 is 11.1 Å². The summed E-state index contributed by atoms with van der Waals surface area (Å²) < 4.78 is 20.6. The molecule has 67 heavy (non-hydrogen) atoms. The summed E-state index contributed by atoms with van der Waals surface area (Å²) in [5, 5.41) is 0.416. The number of benzene rings is 4. The Balaban J connectivity index is 0.988. The second-order valence-corrected chi connectivity index (χ2v) is 16.2. The van der Waals surface area contributed by atoms with Gasteiger partial charge >= 0.3 is 0 Å². The third kappa shape index (κ3) is 8.99. The van der Waals surface area contributed by atoms with E-state index in [1.165, 1.54) is 74.6 Å². The molecular weight excluding hydrogens is 865 g/mol. The number of rotatable bonds is 18. The van der Waals surface area contributed by atoms with E-state index < -0.39 is 46.1 Å². The first-order valence-corrected chi connectivity index (χ1v) is 21.4. The molecule has 0 saturated heterocycles. The van der Waals surface area contributed by atoms with Crippen molar-refractivity contribution in [1.82, 2.24) is 29.7 Å². The number of nitrogens with one attached hydrogen (secondary N) is 2. The van der Waals surface area contributed by atoms with Gasteiger partial charge in [-0.1, -0.05) is 12.1 Å². The Labute approximate surface area is 382 Å². The first kappa shape index (κ1) is 46.2. The van der Waals surface area contributed by atoms with Crippen molar-refractivity contribution in [1.29, 1.82) is 0 Å². The number of nitrogens with zero attached hydrogens (tertiary/aromatic N) is 4. The Hall–Kier alpha value is -7.38. The van der Waals surface area contributed by atoms with Crippen molar-refractivity contribution in [3.05, 3.63) is 150 Å². The number of ether oxygens (including phenoxy) is 4. The lowest BCUT2D eigenvalue weighted by atomic mass is 10.00. The Kier molecular flexibility index (Phi) is 13.5. The molecule has 18 nitrogen and oxygen atoms in total. The molecule has 4 aromatic carbocycles. The molecule has 2 amide bonds. The van der Waals surface area contributed by atoms with Crippen molar-refractivity contribution in [3.8, 4) is 0 Å². The molecule has 2 aliphatic carbocycles. The van der Waals surface area contributed by atoms with Gasteiger partial charge in [-0.15, -0.1) is 0 Å². The van der Waals surface area contributed by atoms with Crippen molar-refractivity contribution in [2.45, 2.75) is 18.3 Å². The van der Waals surface area contributed by atoms with Gasteiger partial charge in [0.2, 0.25) is 0 Å². The van der Waals surface area contributed by atoms with E-state index in [0.717, 1.165) is 0 Å². The number of carbonyl (C=O) groups excluding carboxylic acids is 6. The topological polar surface area (TPSA) is 237 Å². The monoisotopic (exact) mass is 910 g/mol. The molecular formula is C49H46N6O12. The molecule has 0 aliphatic heterocycles. The molecule has 2 heterocycles. The van der Waals surface area contributed by atoms with Crippen LogP contribution in [0.2, 0.25) is 0 Å². The standard InChI is InChI=1S/C49H46N6O12/c1-64-17-13-54(14-18-65-2)48(62)28-7-9-30-32(24-28)42(58)38(40(30)56)44-50-36-11-5-26(22-34(36)46(60)52-44)21-27-6-12-37-35(23-27)47(61)53-45(51-37)39-41(57)31-10-8-29(25-33(31)43(39)59)49(63)55(15-19-66-3)16-20-67-4/h5-12,22-25,38-39H,13-21H2,1-4H3,(H,50,52,60)(H,51,53,61). The minimum Gasteiger partial charge on any atom is -0.383 e. The second-order valence-electron chi connectivity index (χ2n) is 16.2. The fourth-order valence-electron chi connectivity index (χ4n) is 8.49. The number of H-pyrrole nitrogens is 2. The largest absolute Gasteiger partial charge is 0.383 e. The number of hydrogen-bond acceptors (Lipinski definition) is 14. The highest BCUT2D eigenvalue weighted by Crippen LogP contribution is 2.35. The van der Waals surface area contributed by atoms with Gasteiger partial charge in [-0.05, 0) is 78.2 Å². The molecule has 8 rings (SSSR count). The van der Waals surface area contributed by atoms with Crippen molar-refractivity contribution < 1.29 is 47.7 Å². The Morgan fingerprint density at radius 2 is 0.851 bits per heavy atom. The minimum atomic E-state index is -1.40. The first-order valence-electron chi connectivity index (χ1n) is 21.4. The summed E-state index contributed by atoms with van der Waals surface area (Å²) in [6, 6.07) is 18.6. The van der Waals surface area contributed by atoms with E-state index in [9.17, 15) is 38.4 Å². The maximum absolute atomic E-state index is 13.8. The number of ketones is 4. The molecule has 0 radical (unpaired) electrons. The molecule has 0 spiro atoms. The molecule has 2 atom stereocenters. The lowest BCUT2D eigenvalue weighted by Crippen LogP contribution is -2.36. The minimum absolute atomic E-state index is 0.0627. The maximum atomic E-state index is 13.8.